The molecule has 1 aliphatic heterocycles. The molecule has 0 fully saturated rings. The lowest BCUT2D eigenvalue weighted by molar-refractivity contribution is -0.120. The predicted octanol–water partition coefficient (Wildman–Crippen LogP) is 4.17. The van der Waals surface area contributed by atoms with E-state index in [1.54, 1.807) is 56.7 Å². The molecule has 0 saturated heterocycles. The maximum absolute atomic E-state index is 13.4. The van der Waals surface area contributed by atoms with E-state index in [-0.39, 0.29) is 5.70 Å². The minimum atomic E-state index is -0.455. The van der Waals surface area contributed by atoms with E-state index < -0.39 is 11.8 Å². The second kappa shape index (κ2) is 8.53. The molecule has 0 bridgehead atoms. The number of nitrogens with zero attached hydrogens (tertiary/aromatic N) is 1. The number of nitrogens with one attached hydrogen (secondary N) is 1. The van der Waals surface area contributed by atoms with Crippen molar-refractivity contribution in [2.75, 3.05) is 31.5 Å². The molecular formula is C23H20N2O5S. The third-order valence-electron chi connectivity index (χ3n) is 4.85. The van der Waals surface area contributed by atoms with Crippen LogP contribution in [0.1, 0.15) is 4.88 Å². The second-order valence-electron chi connectivity index (χ2n) is 6.56. The number of hydrogen-bond donors (Lipinski definition) is 1. The number of ether oxygens (including phenoxy) is 3. The lowest BCUT2D eigenvalue weighted by atomic mass is 10.1. The molecule has 1 N–H and O–H groups in total. The Hall–Kier alpha value is -3.78. The van der Waals surface area contributed by atoms with Crippen LogP contribution in [0.2, 0.25) is 0 Å². The highest BCUT2D eigenvalue weighted by atomic mass is 32.1. The zero-order valence-electron chi connectivity index (χ0n) is 17.2. The van der Waals surface area contributed by atoms with Gasteiger partial charge in [0, 0.05) is 10.9 Å². The van der Waals surface area contributed by atoms with Gasteiger partial charge in [-0.2, -0.15) is 0 Å². The third kappa shape index (κ3) is 3.73. The molecule has 2 aromatic carbocycles. The first kappa shape index (κ1) is 20.5. The van der Waals surface area contributed by atoms with Crippen LogP contribution in [-0.2, 0) is 9.59 Å². The fourth-order valence-corrected chi connectivity index (χ4v) is 4.08. The number of amides is 2. The van der Waals surface area contributed by atoms with E-state index in [1.165, 1.54) is 18.4 Å². The van der Waals surface area contributed by atoms with Crippen LogP contribution in [0.15, 0.2) is 65.7 Å². The first-order valence-electron chi connectivity index (χ1n) is 9.37. The van der Waals surface area contributed by atoms with Crippen molar-refractivity contribution in [1.29, 1.82) is 0 Å². The SMILES string of the molecule is COc1ccc(N2C(=O)C(Nc3cc(OC)ccc3OC)=C(c3cccs3)C2=O)cc1. The molecule has 7 nitrogen and oxygen atoms in total. The Labute approximate surface area is 183 Å². The summed E-state index contributed by atoms with van der Waals surface area (Å²) in [4.78, 5) is 28.6. The number of anilines is 2. The number of imide groups is 1. The lowest BCUT2D eigenvalue weighted by Gasteiger charge is -2.16. The molecule has 0 unspecified atom stereocenters. The molecule has 0 spiro atoms. The van der Waals surface area contributed by atoms with Crippen molar-refractivity contribution in [2.24, 2.45) is 0 Å². The highest BCUT2D eigenvalue weighted by Gasteiger charge is 2.41. The van der Waals surface area contributed by atoms with Gasteiger partial charge in [0.05, 0.1) is 38.3 Å². The molecule has 4 rings (SSSR count). The van der Waals surface area contributed by atoms with Crippen LogP contribution in [-0.4, -0.2) is 33.1 Å². The zero-order valence-corrected chi connectivity index (χ0v) is 18.0. The van der Waals surface area contributed by atoms with Gasteiger partial charge in [-0.3, -0.25) is 9.59 Å². The first-order chi connectivity index (χ1) is 15.1. The van der Waals surface area contributed by atoms with Gasteiger partial charge in [0.2, 0.25) is 0 Å². The van der Waals surface area contributed by atoms with Gasteiger partial charge in [-0.15, -0.1) is 11.3 Å². The normalized spacial score (nSPS) is 13.6. The fourth-order valence-electron chi connectivity index (χ4n) is 3.31. The molecule has 31 heavy (non-hydrogen) atoms. The molecule has 2 heterocycles. The van der Waals surface area contributed by atoms with Crippen LogP contribution in [0.3, 0.4) is 0 Å². The Morgan fingerprint density at radius 1 is 0.839 bits per heavy atom. The van der Waals surface area contributed by atoms with Gasteiger partial charge in [-0.05, 0) is 47.8 Å². The summed E-state index contributed by atoms with van der Waals surface area (Å²) in [5, 5.41) is 4.98. The van der Waals surface area contributed by atoms with Crippen LogP contribution < -0.4 is 24.4 Å². The van der Waals surface area contributed by atoms with Crippen molar-refractivity contribution in [3.05, 3.63) is 70.6 Å². The van der Waals surface area contributed by atoms with E-state index >= 15 is 0 Å². The smallest absolute Gasteiger partial charge is 0.282 e. The van der Waals surface area contributed by atoms with Crippen LogP contribution in [0, 0.1) is 0 Å². The Bertz CT molecular complexity index is 1150. The lowest BCUT2D eigenvalue weighted by Crippen LogP contribution is -2.32. The van der Waals surface area contributed by atoms with Gasteiger partial charge in [-0.1, -0.05) is 6.07 Å². The van der Waals surface area contributed by atoms with Gasteiger partial charge in [0.25, 0.3) is 11.8 Å². The summed E-state index contributed by atoms with van der Waals surface area (Å²) in [7, 11) is 4.64. The standard InChI is InChI=1S/C23H20N2O5S/c1-28-15-8-6-14(7-9-15)25-22(26)20(19-5-4-12-31-19)21(23(25)27)24-17-13-16(29-2)10-11-18(17)30-3/h4-13,24H,1-3H3. The number of methoxy groups -OCH3 is 3. The first-order valence-corrected chi connectivity index (χ1v) is 10.3. The van der Waals surface area contributed by atoms with Gasteiger partial charge >= 0.3 is 0 Å². The molecule has 0 aliphatic carbocycles. The highest BCUT2D eigenvalue weighted by Crippen LogP contribution is 2.38. The van der Waals surface area contributed by atoms with Gasteiger partial charge < -0.3 is 19.5 Å². The Morgan fingerprint density at radius 2 is 1.55 bits per heavy atom. The van der Waals surface area contributed by atoms with Crippen LogP contribution in [0.4, 0.5) is 11.4 Å². The predicted molar refractivity (Wildman–Crippen MR) is 120 cm³/mol. The van der Waals surface area contributed by atoms with Crippen molar-refractivity contribution in [1.82, 2.24) is 0 Å². The summed E-state index contributed by atoms with van der Waals surface area (Å²) in [5.74, 6) is 0.881. The molecule has 1 aliphatic rings. The summed E-state index contributed by atoms with van der Waals surface area (Å²) >= 11 is 1.39. The van der Waals surface area contributed by atoms with E-state index in [9.17, 15) is 9.59 Å². The van der Waals surface area contributed by atoms with E-state index in [1.807, 2.05) is 17.5 Å². The van der Waals surface area contributed by atoms with Gasteiger partial charge in [0.15, 0.2) is 0 Å². The molecule has 0 radical (unpaired) electrons. The maximum atomic E-state index is 13.4. The van der Waals surface area contributed by atoms with Crippen molar-refractivity contribution in [3.63, 3.8) is 0 Å². The topological polar surface area (TPSA) is 77.1 Å². The summed E-state index contributed by atoms with van der Waals surface area (Å²) in [6.07, 6.45) is 0. The quantitative estimate of drug-likeness (QED) is 0.560. The molecule has 1 aromatic heterocycles. The van der Waals surface area contributed by atoms with E-state index in [2.05, 4.69) is 5.32 Å². The van der Waals surface area contributed by atoms with Gasteiger partial charge in [-0.25, -0.2) is 4.90 Å². The largest absolute Gasteiger partial charge is 0.497 e. The minimum absolute atomic E-state index is 0.176. The number of rotatable bonds is 7. The summed E-state index contributed by atoms with van der Waals surface area (Å²) in [6, 6.07) is 15.6. The molecular weight excluding hydrogens is 416 g/mol. The minimum Gasteiger partial charge on any atom is -0.497 e. The molecule has 0 saturated carbocycles. The van der Waals surface area contributed by atoms with E-state index in [0.29, 0.717) is 39.1 Å². The Morgan fingerprint density at radius 3 is 2.16 bits per heavy atom. The molecule has 0 atom stereocenters. The summed E-state index contributed by atoms with van der Waals surface area (Å²) in [6.45, 7) is 0. The number of carbonyl (C=O) groups excluding carboxylic acids is 2. The summed E-state index contributed by atoms with van der Waals surface area (Å²) in [5.41, 5.74) is 1.46. The van der Waals surface area contributed by atoms with Crippen molar-refractivity contribution < 1.29 is 23.8 Å². The second-order valence-corrected chi connectivity index (χ2v) is 7.51. The Balaban J connectivity index is 1.79. The van der Waals surface area contributed by atoms with Crippen LogP contribution >= 0.6 is 11.3 Å². The molecule has 3 aromatic rings. The number of benzene rings is 2. The average Bonchev–Trinajstić information content (AvgIpc) is 3.40. The summed E-state index contributed by atoms with van der Waals surface area (Å²) < 4.78 is 15.9. The van der Waals surface area contributed by atoms with Crippen molar-refractivity contribution in [3.8, 4) is 17.2 Å². The maximum Gasteiger partial charge on any atom is 0.282 e. The van der Waals surface area contributed by atoms with Crippen molar-refractivity contribution >= 4 is 40.1 Å². The zero-order chi connectivity index (χ0) is 22.0. The van der Waals surface area contributed by atoms with E-state index in [0.717, 1.165) is 4.90 Å². The fraction of sp³-hybridized carbons (Fsp3) is 0.130. The highest BCUT2D eigenvalue weighted by molar-refractivity contribution is 7.11. The third-order valence-corrected chi connectivity index (χ3v) is 5.74. The van der Waals surface area contributed by atoms with Gasteiger partial charge in [0.1, 0.15) is 22.9 Å². The number of thiophene rings is 1. The van der Waals surface area contributed by atoms with Crippen molar-refractivity contribution in [2.45, 2.75) is 0 Å². The number of hydrogen-bond acceptors (Lipinski definition) is 7. The van der Waals surface area contributed by atoms with Crippen LogP contribution in [0.25, 0.3) is 5.57 Å². The molecule has 2 amide bonds. The van der Waals surface area contributed by atoms with Crippen LogP contribution in [0.5, 0.6) is 17.2 Å². The molecule has 8 heteroatoms. The monoisotopic (exact) mass is 436 g/mol. The molecule has 158 valence electrons. The number of carbonyl (C=O) groups is 2. The Kier molecular flexibility index (Phi) is 5.64. The van der Waals surface area contributed by atoms with E-state index in [4.69, 9.17) is 14.2 Å². The average molecular weight is 436 g/mol.